The summed E-state index contributed by atoms with van der Waals surface area (Å²) in [5, 5.41) is 10.2. The van der Waals surface area contributed by atoms with Gasteiger partial charge in [-0.1, -0.05) is 6.42 Å². The number of rotatable bonds is 7. The number of hydrogen-bond acceptors (Lipinski definition) is 3. The Morgan fingerprint density at radius 3 is 2.43 bits per heavy atom. The van der Waals surface area contributed by atoms with Gasteiger partial charge in [-0.25, -0.2) is 0 Å². The predicted molar refractivity (Wildman–Crippen MR) is 112 cm³/mol. The van der Waals surface area contributed by atoms with Crippen molar-refractivity contribution in [3.8, 4) is 0 Å². The third-order valence-corrected chi connectivity index (χ3v) is 4.15. The summed E-state index contributed by atoms with van der Waals surface area (Å²) in [5.74, 6) is 0.905. The van der Waals surface area contributed by atoms with Crippen molar-refractivity contribution in [2.24, 2.45) is 4.99 Å². The highest BCUT2D eigenvalue weighted by molar-refractivity contribution is 14.0. The maximum atomic E-state index is 4.27. The lowest BCUT2D eigenvalue weighted by atomic mass is 10.0. The van der Waals surface area contributed by atoms with E-state index in [-0.39, 0.29) is 29.5 Å². The second-order valence-corrected chi connectivity index (χ2v) is 7.34. The van der Waals surface area contributed by atoms with Crippen LogP contribution >= 0.6 is 24.0 Å². The molecule has 0 aromatic rings. The van der Waals surface area contributed by atoms with Crippen molar-refractivity contribution in [3.05, 3.63) is 0 Å². The van der Waals surface area contributed by atoms with Gasteiger partial charge in [0.15, 0.2) is 5.96 Å². The molecule has 1 unspecified atom stereocenters. The van der Waals surface area contributed by atoms with E-state index in [1.807, 2.05) is 7.05 Å². The molecule has 0 saturated carbocycles. The maximum Gasteiger partial charge on any atom is 0.191 e. The standard InChI is InChI=1S/C17H37N5.HI/c1-15-9-6-7-13-22(15)14-8-10-19-16(18-5)20-11-12-21-17(2,3)4;/h15,21H,6-14H2,1-5H3,(H2,18,19,20);1H. The summed E-state index contributed by atoms with van der Waals surface area (Å²) < 4.78 is 0. The fourth-order valence-corrected chi connectivity index (χ4v) is 2.82. The van der Waals surface area contributed by atoms with Crippen molar-refractivity contribution >= 4 is 29.9 Å². The summed E-state index contributed by atoms with van der Waals surface area (Å²) in [4.78, 5) is 6.89. The third-order valence-electron chi connectivity index (χ3n) is 4.15. The minimum absolute atomic E-state index is 0. The highest BCUT2D eigenvalue weighted by Crippen LogP contribution is 2.15. The molecule has 1 heterocycles. The fraction of sp³-hybridized carbons (Fsp3) is 0.941. The van der Waals surface area contributed by atoms with Gasteiger partial charge in [0, 0.05) is 44.8 Å². The van der Waals surface area contributed by atoms with E-state index < -0.39 is 0 Å². The van der Waals surface area contributed by atoms with Gasteiger partial charge < -0.3 is 20.9 Å². The SMILES string of the molecule is CN=C(NCCCN1CCCCC1C)NCCNC(C)(C)C.I. The van der Waals surface area contributed by atoms with Gasteiger partial charge in [0.05, 0.1) is 0 Å². The largest absolute Gasteiger partial charge is 0.356 e. The molecular formula is C17H38IN5. The molecule has 23 heavy (non-hydrogen) atoms. The zero-order valence-electron chi connectivity index (χ0n) is 15.7. The summed E-state index contributed by atoms with van der Waals surface area (Å²) in [6, 6.07) is 0.759. The van der Waals surface area contributed by atoms with Gasteiger partial charge >= 0.3 is 0 Å². The molecule has 1 atom stereocenters. The Hall–Kier alpha value is -0.0800. The Balaban J connectivity index is 0.00000484. The van der Waals surface area contributed by atoms with Crippen LogP contribution in [-0.4, -0.2) is 62.2 Å². The number of guanidine groups is 1. The van der Waals surface area contributed by atoms with E-state index in [1.54, 1.807) is 0 Å². The Kier molecular flexibility index (Phi) is 12.3. The number of nitrogens with one attached hydrogen (secondary N) is 3. The topological polar surface area (TPSA) is 51.7 Å². The quantitative estimate of drug-likeness (QED) is 0.247. The van der Waals surface area contributed by atoms with Gasteiger partial charge in [-0.15, -0.1) is 24.0 Å². The molecule has 1 saturated heterocycles. The molecular weight excluding hydrogens is 401 g/mol. The third kappa shape index (κ3) is 11.2. The van der Waals surface area contributed by atoms with E-state index in [9.17, 15) is 0 Å². The van der Waals surface area contributed by atoms with Gasteiger partial charge in [-0.05, 0) is 53.5 Å². The van der Waals surface area contributed by atoms with Crippen LogP contribution in [0.1, 0.15) is 53.4 Å². The van der Waals surface area contributed by atoms with Crippen LogP contribution in [-0.2, 0) is 0 Å². The molecule has 5 nitrogen and oxygen atoms in total. The molecule has 1 fully saturated rings. The monoisotopic (exact) mass is 439 g/mol. The summed E-state index contributed by atoms with van der Waals surface area (Å²) in [6.45, 7) is 14.2. The average Bonchev–Trinajstić information content (AvgIpc) is 2.46. The van der Waals surface area contributed by atoms with E-state index in [1.165, 1.54) is 38.8 Å². The van der Waals surface area contributed by atoms with Crippen molar-refractivity contribution in [1.29, 1.82) is 0 Å². The van der Waals surface area contributed by atoms with Crippen molar-refractivity contribution in [3.63, 3.8) is 0 Å². The minimum atomic E-state index is 0. The predicted octanol–water partition coefficient (Wildman–Crippen LogP) is 2.42. The molecule has 0 aliphatic carbocycles. The first-order valence-electron chi connectivity index (χ1n) is 8.86. The number of hydrogen-bond donors (Lipinski definition) is 3. The van der Waals surface area contributed by atoms with E-state index in [0.717, 1.165) is 31.6 Å². The lowest BCUT2D eigenvalue weighted by Crippen LogP contribution is -2.45. The first-order chi connectivity index (χ1) is 10.4. The van der Waals surface area contributed by atoms with E-state index in [2.05, 4.69) is 53.5 Å². The molecule has 1 rings (SSSR count). The van der Waals surface area contributed by atoms with Crippen LogP contribution in [0.2, 0.25) is 0 Å². The second-order valence-electron chi connectivity index (χ2n) is 7.34. The molecule has 0 amide bonds. The van der Waals surface area contributed by atoms with Crippen molar-refractivity contribution in [1.82, 2.24) is 20.9 Å². The Morgan fingerprint density at radius 1 is 1.13 bits per heavy atom. The van der Waals surface area contributed by atoms with Crippen molar-refractivity contribution in [2.45, 2.75) is 65.0 Å². The summed E-state index contributed by atoms with van der Waals surface area (Å²) in [7, 11) is 1.83. The van der Waals surface area contributed by atoms with Gasteiger partial charge in [-0.3, -0.25) is 4.99 Å². The lowest BCUT2D eigenvalue weighted by Gasteiger charge is -2.33. The minimum Gasteiger partial charge on any atom is -0.356 e. The molecule has 138 valence electrons. The van der Waals surface area contributed by atoms with Crippen LogP contribution in [0.4, 0.5) is 0 Å². The first-order valence-corrected chi connectivity index (χ1v) is 8.86. The smallest absolute Gasteiger partial charge is 0.191 e. The van der Waals surface area contributed by atoms with E-state index in [0.29, 0.717) is 0 Å². The number of piperidine rings is 1. The number of aliphatic imine (C=N–C) groups is 1. The molecule has 0 aromatic carbocycles. The van der Waals surface area contributed by atoms with Gasteiger partial charge in [-0.2, -0.15) is 0 Å². The van der Waals surface area contributed by atoms with Gasteiger partial charge in [0.1, 0.15) is 0 Å². The molecule has 1 aliphatic heterocycles. The number of halogens is 1. The highest BCUT2D eigenvalue weighted by atomic mass is 127. The van der Waals surface area contributed by atoms with E-state index >= 15 is 0 Å². The van der Waals surface area contributed by atoms with Crippen LogP contribution in [0.15, 0.2) is 4.99 Å². The van der Waals surface area contributed by atoms with Crippen LogP contribution in [0.5, 0.6) is 0 Å². The van der Waals surface area contributed by atoms with Crippen molar-refractivity contribution in [2.75, 3.05) is 39.8 Å². The Labute approximate surface area is 160 Å². The van der Waals surface area contributed by atoms with Gasteiger partial charge in [0.2, 0.25) is 0 Å². The molecule has 0 radical (unpaired) electrons. The molecule has 1 aliphatic rings. The molecule has 0 spiro atoms. The van der Waals surface area contributed by atoms with Crippen LogP contribution in [0.3, 0.4) is 0 Å². The summed E-state index contributed by atoms with van der Waals surface area (Å²) in [6.07, 6.45) is 5.29. The lowest BCUT2D eigenvalue weighted by molar-refractivity contribution is 0.159. The zero-order valence-corrected chi connectivity index (χ0v) is 18.1. The summed E-state index contributed by atoms with van der Waals surface area (Å²) >= 11 is 0. The van der Waals surface area contributed by atoms with Gasteiger partial charge in [0.25, 0.3) is 0 Å². The molecule has 0 aromatic heterocycles. The molecule has 3 N–H and O–H groups in total. The zero-order chi connectivity index (χ0) is 16.4. The average molecular weight is 439 g/mol. The van der Waals surface area contributed by atoms with Crippen LogP contribution in [0.25, 0.3) is 0 Å². The van der Waals surface area contributed by atoms with Crippen LogP contribution in [0, 0.1) is 0 Å². The van der Waals surface area contributed by atoms with Crippen LogP contribution < -0.4 is 16.0 Å². The number of nitrogens with zero attached hydrogens (tertiary/aromatic N) is 2. The Morgan fingerprint density at radius 2 is 1.83 bits per heavy atom. The molecule has 0 bridgehead atoms. The molecule has 6 heteroatoms. The van der Waals surface area contributed by atoms with E-state index in [4.69, 9.17) is 0 Å². The van der Waals surface area contributed by atoms with Crippen molar-refractivity contribution < 1.29 is 0 Å². The summed E-state index contributed by atoms with van der Waals surface area (Å²) in [5.41, 5.74) is 0.170. The first kappa shape index (κ1) is 22.9. The highest BCUT2D eigenvalue weighted by Gasteiger charge is 2.17. The fourth-order valence-electron chi connectivity index (χ4n) is 2.82. The Bertz CT molecular complexity index is 327. The number of likely N-dealkylation sites (tertiary alicyclic amines) is 1. The maximum absolute atomic E-state index is 4.27. The second kappa shape index (κ2) is 12.3. The normalized spacial score (nSPS) is 20.0.